The zero-order valence-corrected chi connectivity index (χ0v) is 12.8. The predicted molar refractivity (Wildman–Crippen MR) is 81.0 cm³/mol. The monoisotopic (exact) mass is 336 g/mol. The number of carbonyl (C=O) groups is 1. The van der Waals surface area contributed by atoms with Gasteiger partial charge >= 0.3 is 6.18 Å². The summed E-state index contributed by atoms with van der Waals surface area (Å²) in [5.41, 5.74) is 4.73. The molecule has 1 saturated carbocycles. The maximum atomic E-state index is 12.9. The van der Waals surface area contributed by atoms with Gasteiger partial charge < -0.3 is 11.1 Å². The Morgan fingerprint density at radius 1 is 1.33 bits per heavy atom. The minimum Gasteiger partial charge on any atom is -0.383 e. The highest BCUT2D eigenvalue weighted by atomic mass is 19.4. The summed E-state index contributed by atoms with van der Waals surface area (Å²) in [7, 11) is 0. The molecule has 0 saturated heterocycles. The van der Waals surface area contributed by atoms with Crippen molar-refractivity contribution >= 4 is 11.7 Å². The van der Waals surface area contributed by atoms with Gasteiger partial charge in [0.25, 0.3) is 5.91 Å². The number of carbonyl (C=O) groups excluding carboxylic acids is 1. The fraction of sp³-hybridized carbons (Fsp3) is 0.312. The van der Waals surface area contributed by atoms with Gasteiger partial charge in [-0.3, -0.25) is 4.79 Å². The number of halogens is 3. The molecule has 0 radical (unpaired) electrons. The predicted octanol–water partition coefficient (Wildman–Crippen LogP) is 2.81. The second-order valence-electron chi connectivity index (χ2n) is 5.83. The van der Waals surface area contributed by atoms with Crippen molar-refractivity contribution in [2.75, 3.05) is 5.73 Å². The fourth-order valence-corrected chi connectivity index (χ4v) is 2.55. The van der Waals surface area contributed by atoms with E-state index in [-0.39, 0.29) is 11.4 Å². The Bertz CT molecular complexity index is 800. The molecule has 0 atom stereocenters. The summed E-state index contributed by atoms with van der Waals surface area (Å²) in [6.07, 6.45) is -1.99. The molecule has 126 valence electrons. The van der Waals surface area contributed by atoms with Gasteiger partial charge in [0, 0.05) is 6.20 Å². The van der Waals surface area contributed by atoms with Gasteiger partial charge in [0.2, 0.25) is 0 Å². The van der Waals surface area contributed by atoms with Crippen LogP contribution in [0.2, 0.25) is 0 Å². The molecule has 3 rings (SSSR count). The third-order valence-electron chi connectivity index (χ3n) is 4.03. The minimum atomic E-state index is -4.43. The third kappa shape index (κ3) is 3.04. The lowest BCUT2D eigenvalue weighted by atomic mass is 10.0. The number of amides is 1. The van der Waals surface area contributed by atoms with Gasteiger partial charge in [0.15, 0.2) is 0 Å². The minimum absolute atomic E-state index is 0.0415. The van der Waals surface area contributed by atoms with Crippen molar-refractivity contribution in [3.8, 4) is 0 Å². The smallest absolute Gasteiger partial charge is 0.383 e. The number of nitrogens with two attached hydrogens (primary N) is 1. The van der Waals surface area contributed by atoms with Gasteiger partial charge in [-0.05, 0) is 37.5 Å². The topological polar surface area (TPSA) is 80.9 Å². The number of alkyl halides is 3. The lowest BCUT2D eigenvalue weighted by Gasteiger charge is -2.19. The Morgan fingerprint density at radius 2 is 2.04 bits per heavy atom. The zero-order chi connectivity index (χ0) is 17.5. The molecule has 5 nitrogen and oxygen atoms in total. The van der Waals surface area contributed by atoms with Crippen LogP contribution in [0.4, 0.5) is 19.0 Å². The Morgan fingerprint density at radius 3 is 2.62 bits per heavy atom. The van der Waals surface area contributed by atoms with Gasteiger partial charge in [0.1, 0.15) is 11.6 Å². The molecule has 1 aromatic heterocycles. The third-order valence-corrected chi connectivity index (χ3v) is 4.03. The molecule has 0 aliphatic heterocycles. The van der Waals surface area contributed by atoms with Crippen LogP contribution in [0.15, 0.2) is 30.5 Å². The maximum absolute atomic E-state index is 12.9. The zero-order valence-electron chi connectivity index (χ0n) is 12.8. The molecule has 24 heavy (non-hydrogen) atoms. The van der Waals surface area contributed by atoms with Crippen molar-refractivity contribution in [1.82, 2.24) is 15.3 Å². The second-order valence-corrected chi connectivity index (χ2v) is 5.83. The summed E-state index contributed by atoms with van der Waals surface area (Å²) in [6, 6.07) is 5.00. The molecular weight excluding hydrogens is 321 g/mol. The van der Waals surface area contributed by atoms with Crippen LogP contribution in [0.1, 0.15) is 40.2 Å². The summed E-state index contributed by atoms with van der Waals surface area (Å²) in [6.45, 7) is 1.64. The summed E-state index contributed by atoms with van der Waals surface area (Å²) < 4.78 is 38.6. The number of aromatic nitrogens is 2. The van der Waals surface area contributed by atoms with Gasteiger partial charge in [-0.25, -0.2) is 9.97 Å². The van der Waals surface area contributed by atoms with Gasteiger partial charge in [-0.1, -0.05) is 12.1 Å². The van der Waals surface area contributed by atoms with Crippen molar-refractivity contribution in [3.63, 3.8) is 0 Å². The molecule has 2 aromatic rings. The molecule has 1 aliphatic rings. The Labute approximate surface area is 136 Å². The average molecular weight is 336 g/mol. The van der Waals surface area contributed by atoms with E-state index in [2.05, 4.69) is 15.3 Å². The first-order chi connectivity index (χ1) is 11.2. The summed E-state index contributed by atoms with van der Waals surface area (Å²) in [4.78, 5) is 20.2. The van der Waals surface area contributed by atoms with E-state index in [9.17, 15) is 18.0 Å². The van der Waals surface area contributed by atoms with E-state index in [0.29, 0.717) is 24.2 Å². The number of nitrogens with zero attached hydrogens (tertiary/aromatic N) is 2. The van der Waals surface area contributed by atoms with Gasteiger partial charge in [0.05, 0.1) is 16.7 Å². The van der Waals surface area contributed by atoms with E-state index in [1.54, 1.807) is 13.0 Å². The first-order valence-electron chi connectivity index (χ1n) is 7.31. The van der Waals surface area contributed by atoms with E-state index in [1.807, 2.05) is 0 Å². The number of rotatable bonds is 3. The molecule has 0 spiro atoms. The lowest BCUT2D eigenvalue weighted by molar-refractivity contribution is -0.137. The highest BCUT2D eigenvalue weighted by Gasteiger charge is 2.47. The maximum Gasteiger partial charge on any atom is 0.416 e. The molecule has 1 aliphatic carbocycles. The number of aryl methyl sites for hydroxylation is 1. The van der Waals surface area contributed by atoms with Crippen molar-refractivity contribution in [2.45, 2.75) is 31.5 Å². The fourth-order valence-electron chi connectivity index (χ4n) is 2.55. The second kappa shape index (κ2) is 5.47. The van der Waals surface area contributed by atoms with Crippen LogP contribution >= 0.6 is 0 Å². The number of anilines is 1. The normalized spacial score (nSPS) is 15.8. The highest BCUT2D eigenvalue weighted by molar-refractivity contribution is 5.98. The Balaban J connectivity index is 1.86. The molecule has 1 amide bonds. The number of hydrogen-bond acceptors (Lipinski definition) is 4. The van der Waals surface area contributed by atoms with Crippen LogP contribution in [0.5, 0.6) is 0 Å². The molecule has 1 heterocycles. The molecule has 3 N–H and O–H groups in total. The van der Waals surface area contributed by atoms with E-state index in [4.69, 9.17) is 5.73 Å². The van der Waals surface area contributed by atoms with Crippen molar-refractivity contribution in [1.29, 1.82) is 0 Å². The standard InChI is InChI=1S/C16H15F3N4O/c1-9-21-8-12(13(20)22-9)14(24)23-15(5-6-15)10-3-2-4-11(7-10)16(17,18)19/h2-4,7-8H,5-6H2,1H3,(H,23,24)(H2,20,21,22). The SMILES string of the molecule is Cc1ncc(C(=O)NC2(c3cccc(C(F)(F)F)c3)CC2)c(N)n1. The summed E-state index contributed by atoms with van der Waals surface area (Å²) in [5.74, 6) is -0.0229. The first-order valence-corrected chi connectivity index (χ1v) is 7.31. The Kier molecular flexibility index (Phi) is 3.70. The van der Waals surface area contributed by atoms with Crippen molar-refractivity contribution in [2.24, 2.45) is 0 Å². The Hall–Kier alpha value is -2.64. The number of hydrogen-bond donors (Lipinski definition) is 2. The number of benzene rings is 1. The van der Waals surface area contributed by atoms with Crippen molar-refractivity contribution < 1.29 is 18.0 Å². The van der Waals surface area contributed by atoms with Crippen LogP contribution in [-0.2, 0) is 11.7 Å². The summed E-state index contributed by atoms with van der Waals surface area (Å²) >= 11 is 0. The number of nitrogens with one attached hydrogen (secondary N) is 1. The van der Waals surface area contributed by atoms with E-state index >= 15 is 0 Å². The van der Waals surface area contributed by atoms with Crippen molar-refractivity contribution in [3.05, 3.63) is 53.0 Å². The van der Waals surface area contributed by atoms with Gasteiger partial charge in [-0.2, -0.15) is 13.2 Å². The van der Waals surface area contributed by atoms with Crippen LogP contribution in [0, 0.1) is 6.92 Å². The largest absolute Gasteiger partial charge is 0.416 e. The molecule has 8 heteroatoms. The van der Waals surface area contributed by atoms with Crippen LogP contribution in [0.25, 0.3) is 0 Å². The quantitative estimate of drug-likeness (QED) is 0.903. The molecular formula is C16H15F3N4O. The van der Waals surface area contributed by atoms with E-state index in [0.717, 1.165) is 12.1 Å². The van der Waals surface area contributed by atoms with Crippen LogP contribution < -0.4 is 11.1 Å². The molecule has 1 fully saturated rings. The molecule has 0 bridgehead atoms. The van der Waals surface area contributed by atoms with E-state index < -0.39 is 23.2 Å². The van der Waals surface area contributed by atoms with E-state index in [1.165, 1.54) is 12.3 Å². The average Bonchev–Trinajstić information content (AvgIpc) is 3.27. The highest BCUT2D eigenvalue weighted by Crippen LogP contribution is 2.46. The molecule has 1 aromatic carbocycles. The van der Waals surface area contributed by atoms with Crippen LogP contribution in [0.3, 0.4) is 0 Å². The molecule has 0 unspecified atom stereocenters. The number of nitrogen functional groups attached to an aromatic ring is 1. The lowest BCUT2D eigenvalue weighted by Crippen LogP contribution is -2.35. The first kappa shape index (κ1) is 16.2. The summed E-state index contributed by atoms with van der Waals surface area (Å²) in [5, 5.41) is 2.77. The van der Waals surface area contributed by atoms with Gasteiger partial charge in [-0.15, -0.1) is 0 Å². The van der Waals surface area contributed by atoms with Crippen LogP contribution in [-0.4, -0.2) is 15.9 Å².